The van der Waals surface area contributed by atoms with E-state index in [2.05, 4.69) is 5.32 Å². The van der Waals surface area contributed by atoms with Gasteiger partial charge in [0.2, 0.25) is 5.91 Å². The summed E-state index contributed by atoms with van der Waals surface area (Å²) in [6.45, 7) is 5.05. The van der Waals surface area contributed by atoms with Crippen LogP contribution in [-0.4, -0.2) is 37.6 Å². The zero-order chi connectivity index (χ0) is 14.0. The fourth-order valence-electron chi connectivity index (χ4n) is 2.27. The average molecular weight is 262 g/mol. The fourth-order valence-corrected chi connectivity index (χ4v) is 2.27. The lowest BCUT2D eigenvalue weighted by molar-refractivity contribution is -0.126. The van der Waals surface area contributed by atoms with Crippen molar-refractivity contribution in [3.63, 3.8) is 0 Å². The van der Waals surface area contributed by atoms with Crippen molar-refractivity contribution in [1.29, 1.82) is 0 Å². The normalized spacial score (nSPS) is 17.8. The highest BCUT2D eigenvalue weighted by Gasteiger charge is 2.37. The van der Waals surface area contributed by atoms with E-state index in [4.69, 9.17) is 4.74 Å². The molecule has 0 saturated carbocycles. The number of carbonyl (C=O) groups is 2. The number of benzene rings is 1. The quantitative estimate of drug-likeness (QED) is 0.813. The van der Waals surface area contributed by atoms with E-state index in [0.29, 0.717) is 18.7 Å². The summed E-state index contributed by atoms with van der Waals surface area (Å²) in [6.07, 6.45) is 0. The number of amides is 1. The van der Waals surface area contributed by atoms with Crippen molar-refractivity contribution in [3.8, 4) is 0 Å². The summed E-state index contributed by atoms with van der Waals surface area (Å²) in [5.41, 5.74) is 0.706. The van der Waals surface area contributed by atoms with Crippen LogP contribution in [0.3, 0.4) is 0 Å². The van der Waals surface area contributed by atoms with Crippen LogP contribution >= 0.6 is 0 Å². The van der Waals surface area contributed by atoms with Gasteiger partial charge in [-0.1, -0.05) is 6.07 Å². The highest BCUT2D eigenvalue weighted by atomic mass is 16.5. The molecule has 0 radical (unpaired) electrons. The number of hydrogen-bond acceptors (Lipinski definition) is 4. The van der Waals surface area contributed by atoms with E-state index in [1.807, 2.05) is 24.8 Å². The zero-order valence-electron chi connectivity index (χ0n) is 11.4. The van der Waals surface area contributed by atoms with Crippen LogP contribution in [0.1, 0.15) is 24.2 Å². The molecule has 0 bridgehead atoms. The molecule has 0 unspecified atom stereocenters. The van der Waals surface area contributed by atoms with Gasteiger partial charge >= 0.3 is 5.97 Å². The van der Waals surface area contributed by atoms with E-state index < -0.39 is 5.54 Å². The van der Waals surface area contributed by atoms with Gasteiger partial charge in [-0.25, -0.2) is 4.79 Å². The molecular formula is C14H18N2O3. The second-order valence-corrected chi connectivity index (χ2v) is 5.01. The van der Waals surface area contributed by atoms with Crippen molar-refractivity contribution in [1.82, 2.24) is 5.32 Å². The van der Waals surface area contributed by atoms with Gasteiger partial charge in [-0.3, -0.25) is 4.79 Å². The van der Waals surface area contributed by atoms with Crippen LogP contribution < -0.4 is 10.2 Å². The molecule has 1 fully saturated rings. The minimum atomic E-state index is -0.632. The molecule has 0 aromatic heterocycles. The first-order valence-electron chi connectivity index (χ1n) is 6.21. The van der Waals surface area contributed by atoms with Crippen LogP contribution in [0.25, 0.3) is 0 Å². The van der Waals surface area contributed by atoms with E-state index in [0.717, 1.165) is 5.69 Å². The first kappa shape index (κ1) is 13.4. The van der Waals surface area contributed by atoms with Crippen LogP contribution in [0.4, 0.5) is 5.69 Å². The van der Waals surface area contributed by atoms with E-state index in [1.54, 1.807) is 18.2 Å². The third-order valence-corrected chi connectivity index (χ3v) is 3.43. The predicted octanol–water partition coefficient (Wildman–Crippen LogP) is 1.19. The standard InChI is InChI=1S/C14H18N2O3/c1-14(2)13(18)15-7-8-16(14)11-6-4-5-10(9-11)12(17)19-3/h4-6,9H,7-8H2,1-3H3,(H,15,18). The van der Waals surface area contributed by atoms with E-state index in [1.165, 1.54) is 7.11 Å². The van der Waals surface area contributed by atoms with Gasteiger partial charge in [0, 0.05) is 18.8 Å². The summed E-state index contributed by atoms with van der Waals surface area (Å²) in [6, 6.07) is 7.15. The van der Waals surface area contributed by atoms with Crippen LogP contribution in [0.5, 0.6) is 0 Å². The smallest absolute Gasteiger partial charge is 0.337 e. The molecule has 1 aromatic carbocycles. The van der Waals surface area contributed by atoms with Crippen molar-refractivity contribution in [2.24, 2.45) is 0 Å². The maximum absolute atomic E-state index is 11.9. The lowest BCUT2D eigenvalue weighted by atomic mass is 9.97. The lowest BCUT2D eigenvalue weighted by Crippen LogP contribution is -2.62. The molecule has 0 atom stereocenters. The first-order valence-corrected chi connectivity index (χ1v) is 6.21. The topological polar surface area (TPSA) is 58.6 Å². The molecule has 19 heavy (non-hydrogen) atoms. The second kappa shape index (κ2) is 4.91. The molecule has 1 saturated heterocycles. The van der Waals surface area contributed by atoms with Crippen molar-refractivity contribution < 1.29 is 14.3 Å². The van der Waals surface area contributed by atoms with Crippen molar-refractivity contribution in [2.45, 2.75) is 19.4 Å². The molecule has 0 spiro atoms. The van der Waals surface area contributed by atoms with Gasteiger partial charge in [-0.2, -0.15) is 0 Å². The summed E-state index contributed by atoms with van der Waals surface area (Å²) < 4.78 is 4.71. The minimum Gasteiger partial charge on any atom is -0.465 e. The molecule has 2 rings (SSSR count). The fraction of sp³-hybridized carbons (Fsp3) is 0.429. The Kier molecular flexibility index (Phi) is 3.46. The van der Waals surface area contributed by atoms with Gasteiger partial charge < -0.3 is 15.0 Å². The number of hydrogen-bond donors (Lipinski definition) is 1. The van der Waals surface area contributed by atoms with Crippen LogP contribution in [-0.2, 0) is 9.53 Å². The molecule has 5 nitrogen and oxygen atoms in total. The van der Waals surface area contributed by atoms with Gasteiger partial charge in [0.1, 0.15) is 5.54 Å². The largest absolute Gasteiger partial charge is 0.465 e. The highest BCUT2D eigenvalue weighted by molar-refractivity contribution is 5.93. The second-order valence-electron chi connectivity index (χ2n) is 5.01. The summed E-state index contributed by atoms with van der Waals surface area (Å²) in [4.78, 5) is 25.5. The number of rotatable bonds is 2. The third kappa shape index (κ3) is 2.41. The Bertz CT molecular complexity index is 511. The summed E-state index contributed by atoms with van der Waals surface area (Å²) in [5.74, 6) is -0.386. The molecular weight excluding hydrogens is 244 g/mol. The van der Waals surface area contributed by atoms with Crippen LogP contribution in [0, 0.1) is 0 Å². The van der Waals surface area contributed by atoms with Gasteiger partial charge in [-0.05, 0) is 32.0 Å². The number of carbonyl (C=O) groups excluding carboxylic acids is 2. The summed E-state index contributed by atoms with van der Waals surface area (Å²) in [5, 5.41) is 2.85. The van der Waals surface area contributed by atoms with E-state index in [-0.39, 0.29) is 11.9 Å². The molecule has 102 valence electrons. The Balaban J connectivity index is 2.36. The van der Waals surface area contributed by atoms with Crippen LogP contribution in [0.2, 0.25) is 0 Å². The number of ether oxygens (including phenoxy) is 1. The Morgan fingerprint density at radius 1 is 1.42 bits per heavy atom. The number of nitrogens with one attached hydrogen (secondary N) is 1. The Labute approximate surface area is 112 Å². The molecule has 1 aromatic rings. The first-order chi connectivity index (χ1) is 8.96. The summed E-state index contributed by atoms with van der Waals surface area (Å²) >= 11 is 0. The lowest BCUT2D eigenvalue weighted by Gasteiger charge is -2.42. The zero-order valence-corrected chi connectivity index (χ0v) is 11.4. The SMILES string of the molecule is COC(=O)c1cccc(N2CCNC(=O)C2(C)C)c1. The Morgan fingerprint density at radius 2 is 2.16 bits per heavy atom. The van der Waals surface area contributed by atoms with E-state index >= 15 is 0 Å². The summed E-state index contributed by atoms with van der Waals surface area (Å²) in [7, 11) is 1.35. The van der Waals surface area contributed by atoms with E-state index in [9.17, 15) is 9.59 Å². The van der Waals surface area contributed by atoms with Crippen molar-refractivity contribution in [3.05, 3.63) is 29.8 Å². The van der Waals surface area contributed by atoms with Crippen molar-refractivity contribution >= 4 is 17.6 Å². The average Bonchev–Trinajstić information content (AvgIpc) is 2.41. The number of piperazine rings is 1. The number of methoxy groups -OCH3 is 1. The molecule has 1 aliphatic heterocycles. The number of nitrogens with zero attached hydrogens (tertiary/aromatic N) is 1. The van der Waals surface area contributed by atoms with Gasteiger partial charge in [0.15, 0.2) is 0 Å². The number of esters is 1. The van der Waals surface area contributed by atoms with Gasteiger partial charge in [0.25, 0.3) is 0 Å². The Hall–Kier alpha value is -2.04. The van der Waals surface area contributed by atoms with Crippen LogP contribution in [0.15, 0.2) is 24.3 Å². The number of anilines is 1. The van der Waals surface area contributed by atoms with Gasteiger partial charge in [-0.15, -0.1) is 0 Å². The molecule has 1 aliphatic rings. The third-order valence-electron chi connectivity index (χ3n) is 3.43. The van der Waals surface area contributed by atoms with Gasteiger partial charge in [0.05, 0.1) is 12.7 Å². The molecule has 1 amide bonds. The molecule has 0 aliphatic carbocycles. The molecule has 1 N–H and O–H groups in total. The molecule has 1 heterocycles. The van der Waals surface area contributed by atoms with Crippen molar-refractivity contribution in [2.75, 3.05) is 25.1 Å². The maximum atomic E-state index is 11.9. The predicted molar refractivity (Wildman–Crippen MR) is 72.2 cm³/mol. The highest BCUT2D eigenvalue weighted by Crippen LogP contribution is 2.26. The Morgan fingerprint density at radius 3 is 2.84 bits per heavy atom. The monoisotopic (exact) mass is 262 g/mol. The maximum Gasteiger partial charge on any atom is 0.337 e. The minimum absolute atomic E-state index is 0.0118. The molecule has 5 heteroatoms.